The summed E-state index contributed by atoms with van der Waals surface area (Å²) in [7, 11) is 0. The molecule has 20 heavy (non-hydrogen) atoms. The lowest BCUT2D eigenvalue weighted by Crippen LogP contribution is -2.36. The molecule has 2 aromatic rings. The highest BCUT2D eigenvalue weighted by Gasteiger charge is 2.24. The largest absolute Gasteiger partial charge is 0.382 e. The van der Waals surface area contributed by atoms with Crippen LogP contribution in [0.1, 0.15) is 26.7 Å². The molecule has 5 heteroatoms. The maximum absolute atomic E-state index is 11.3. The van der Waals surface area contributed by atoms with E-state index in [1.165, 1.54) is 0 Å². The quantitative estimate of drug-likeness (QED) is 0.806. The summed E-state index contributed by atoms with van der Waals surface area (Å²) in [6, 6.07) is 6.34. The molecule has 1 aliphatic heterocycles. The third-order valence-corrected chi connectivity index (χ3v) is 3.95. The normalized spacial score (nSPS) is 23.4. The first kappa shape index (κ1) is 13.2. The molecular formula is C15H21N3O2. The molecule has 2 unspecified atom stereocenters. The molecule has 3 rings (SSSR count). The van der Waals surface area contributed by atoms with Gasteiger partial charge in [-0.15, -0.1) is 0 Å². The number of rotatable bonds is 3. The number of benzene rings is 1. The predicted molar refractivity (Wildman–Crippen MR) is 80.1 cm³/mol. The van der Waals surface area contributed by atoms with Crippen molar-refractivity contribution < 1.29 is 4.74 Å². The average Bonchev–Trinajstić information content (AvgIpc) is 2.78. The molecule has 1 aromatic heterocycles. The first-order chi connectivity index (χ1) is 9.61. The monoisotopic (exact) mass is 275 g/mol. The SMILES string of the molecule is CC(C)C1CC(Nc2ccc3[nH]c(=O)[nH]c3c2)CCO1. The van der Waals surface area contributed by atoms with Gasteiger partial charge in [0.15, 0.2) is 0 Å². The van der Waals surface area contributed by atoms with Gasteiger partial charge in [-0.2, -0.15) is 0 Å². The smallest absolute Gasteiger partial charge is 0.323 e. The molecule has 108 valence electrons. The fourth-order valence-corrected chi connectivity index (χ4v) is 2.78. The molecule has 0 amide bonds. The van der Waals surface area contributed by atoms with E-state index in [2.05, 4.69) is 29.1 Å². The molecule has 3 N–H and O–H groups in total. The van der Waals surface area contributed by atoms with Crippen molar-refractivity contribution in [2.45, 2.75) is 38.8 Å². The Balaban J connectivity index is 1.73. The van der Waals surface area contributed by atoms with E-state index in [0.717, 1.165) is 36.2 Å². The first-order valence-electron chi connectivity index (χ1n) is 7.22. The molecule has 0 bridgehead atoms. The highest BCUT2D eigenvalue weighted by Crippen LogP contribution is 2.24. The van der Waals surface area contributed by atoms with Crippen LogP contribution in [0.5, 0.6) is 0 Å². The van der Waals surface area contributed by atoms with Gasteiger partial charge in [0.25, 0.3) is 0 Å². The number of aromatic amines is 2. The van der Waals surface area contributed by atoms with Gasteiger partial charge in [-0.25, -0.2) is 4.79 Å². The summed E-state index contributed by atoms with van der Waals surface area (Å²) in [5.74, 6) is 0.545. The van der Waals surface area contributed by atoms with Gasteiger partial charge in [0.1, 0.15) is 0 Å². The Labute approximate surface area is 117 Å². The summed E-state index contributed by atoms with van der Waals surface area (Å²) in [6.07, 6.45) is 2.38. The molecule has 0 saturated carbocycles. The van der Waals surface area contributed by atoms with Crippen molar-refractivity contribution in [3.8, 4) is 0 Å². The van der Waals surface area contributed by atoms with Crippen LogP contribution in [0, 0.1) is 5.92 Å². The fourth-order valence-electron chi connectivity index (χ4n) is 2.78. The zero-order valence-electron chi connectivity index (χ0n) is 11.9. The minimum Gasteiger partial charge on any atom is -0.382 e. The first-order valence-corrected chi connectivity index (χ1v) is 7.22. The van der Waals surface area contributed by atoms with E-state index in [4.69, 9.17) is 4.74 Å². The van der Waals surface area contributed by atoms with Crippen molar-refractivity contribution in [1.82, 2.24) is 9.97 Å². The molecular weight excluding hydrogens is 254 g/mol. The number of fused-ring (bicyclic) bond motifs is 1. The Morgan fingerprint density at radius 2 is 2.10 bits per heavy atom. The van der Waals surface area contributed by atoms with Crippen LogP contribution in [-0.4, -0.2) is 28.7 Å². The Hall–Kier alpha value is -1.75. The minimum absolute atomic E-state index is 0.164. The second-order valence-corrected chi connectivity index (χ2v) is 5.86. The standard InChI is InChI=1S/C15H21N3O2/c1-9(2)14-8-11(5-6-20-14)16-10-3-4-12-13(7-10)18-15(19)17-12/h3-4,7,9,11,14,16H,5-6,8H2,1-2H3,(H2,17,18,19). The number of nitrogens with one attached hydrogen (secondary N) is 3. The Morgan fingerprint density at radius 1 is 1.30 bits per heavy atom. The van der Waals surface area contributed by atoms with Crippen molar-refractivity contribution in [2.75, 3.05) is 11.9 Å². The zero-order valence-corrected chi connectivity index (χ0v) is 11.9. The molecule has 1 saturated heterocycles. The van der Waals surface area contributed by atoms with Crippen molar-refractivity contribution in [3.63, 3.8) is 0 Å². The van der Waals surface area contributed by atoms with E-state index in [1.54, 1.807) is 0 Å². The number of imidazole rings is 1. The Bertz CT molecular complexity index is 644. The lowest BCUT2D eigenvalue weighted by atomic mass is 9.95. The second-order valence-electron chi connectivity index (χ2n) is 5.86. The molecule has 0 aliphatic carbocycles. The van der Waals surface area contributed by atoms with Crippen LogP contribution in [0.3, 0.4) is 0 Å². The Morgan fingerprint density at radius 3 is 2.90 bits per heavy atom. The molecule has 2 atom stereocenters. The third-order valence-electron chi connectivity index (χ3n) is 3.95. The van der Waals surface area contributed by atoms with E-state index in [1.807, 2.05) is 18.2 Å². The van der Waals surface area contributed by atoms with Gasteiger partial charge in [0.05, 0.1) is 17.1 Å². The summed E-state index contributed by atoms with van der Waals surface area (Å²) in [5, 5.41) is 3.55. The minimum atomic E-state index is -0.164. The number of aromatic nitrogens is 2. The van der Waals surface area contributed by atoms with Crippen molar-refractivity contribution in [3.05, 3.63) is 28.7 Å². The summed E-state index contributed by atoms with van der Waals surface area (Å²) >= 11 is 0. The average molecular weight is 275 g/mol. The summed E-state index contributed by atoms with van der Waals surface area (Å²) in [4.78, 5) is 16.8. The maximum Gasteiger partial charge on any atom is 0.323 e. The van der Waals surface area contributed by atoms with E-state index in [9.17, 15) is 4.79 Å². The van der Waals surface area contributed by atoms with Crippen LogP contribution in [0.25, 0.3) is 11.0 Å². The van der Waals surface area contributed by atoms with Gasteiger partial charge in [0.2, 0.25) is 0 Å². The van der Waals surface area contributed by atoms with Crippen molar-refractivity contribution in [1.29, 1.82) is 0 Å². The number of ether oxygens (including phenoxy) is 1. The zero-order chi connectivity index (χ0) is 14.1. The lowest BCUT2D eigenvalue weighted by Gasteiger charge is -2.32. The molecule has 1 aliphatic rings. The summed E-state index contributed by atoms with van der Waals surface area (Å²) in [5.41, 5.74) is 2.56. The van der Waals surface area contributed by atoms with Gasteiger partial charge < -0.3 is 20.0 Å². The van der Waals surface area contributed by atoms with Gasteiger partial charge >= 0.3 is 5.69 Å². The van der Waals surface area contributed by atoms with Crippen LogP contribution in [0.2, 0.25) is 0 Å². The molecule has 0 spiro atoms. The second kappa shape index (κ2) is 5.32. The van der Waals surface area contributed by atoms with Gasteiger partial charge in [-0.1, -0.05) is 13.8 Å². The topological polar surface area (TPSA) is 69.9 Å². The Kier molecular flexibility index (Phi) is 3.53. The number of anilines is 1. The third kappa shape index (κ3) is 2.72. The fraction of sp³-hybridized carbons (Fsp3) is 0.533. The number of hydrogen-bond acceptors (Lipinski definition) is 3. The molecule has 1 aromatic carbocycles. The van der Waals surface area contributed by atoms with Gasteiger partial charge in [-0.05, 0) is 37.0 Å². The van der Waals surface area contributed by atoms with Crippen LogP contribution >= 0.6 is 0 Å². The van der Waals surface area contributed by atoms with E-state index in [0.29, 0.717) is 18.1 Å². The molecule has 0 radical (unpaired) electrons. The number of hydrogen-bond donors (Lipinski definition) is 3. The van der Waals surface area contributed by atoms with Crippen LogP contribution in [0.4, 0.5) is 5.69 Å². The van der Waals surface area contributed by atoms with Crippen molar-refractivity contribution >= 4 is 16.7 Å². The van der Waals surface area contributed by atoms with Crippen LogP contribution in [-0.2, 0) is 4.74 Å². The van der Waals surface area contributed by atoms with E-state index < -0.39 is 0 Å². The molecule has 2 heterocycles. The number of H-pyrrole nitrogens is 2. The van der Waals surface area contributed by atoms with Gasteiger partial charge in [0, 0.05) is 18.3 Å². The van der Waals surface area contributed by atoms with Crippen LogP contribution in [0.15, 0.2) is 23.0 Å². The van der Waals surface area contributed by atoms with Crippen molar-refractivity contribution in [2.24, 2.45) is 5.92 Å². The van der Waals surface area contributed by atoms with E-state index >= 15 is 0 Å². The van der Waals surface area contributed by atoms with E-state index in [-0.39, 0.29) is 5.69 Å². The summed E-state index contributed by atoms with van der Waals surface area (Å²) in [6.45, 7) is 5.21. The summed E-state index contributed by atoms with van der Waals surface area (Å²) < 4.78 is 5.79. The maximum atomic E-state index is 11.3. The predicted octanol–water partition coefficient (Wildman–Crippen LogP) is 2.47. The highest BCUT2D eigenvalue weighted by molar-refractivity contribution is 5.78. The highest BCUT2D eigenvalue weighted by atomic mass is 16.5. The van der Waals surface area contributed by atoms with Crippen LogP contribution < -0.4 is 11.0 Å². The lowest BCUT2D eigenvalue weighted by molar-refractivity contribution is -0.0160. The molecule has 5 nitrogen and oxygen atoms in total. The molecule has 1 fully saturated rings. The van der Waals surface area contributed by atoms with Gasteiger partial charge in [-0.3, -0.25) is 0 Å².